The second-order valence-corrected chi connectivity index (χ2v) is 6.26. The number of amides is 1. The van der Waals surface area contributed by atoms with Crippen LogP contribution in [0, 0.1) is 18.6 Å². The zero-order valence-electron chi connectivity index (χ0n) is 16.0. The molecule has 0 atom stereocenters. The Balaban J connectivity index is 1.66. The fourth-order valence-corrected chi connectivity index (χ4v) is 2.70. The molecular weight excluding hydrogens is 378 g/mol. The van der Waals surface area contributed by atoms with E-state index in [1.165, 1.54) is 12.1 Å². The van der Waals surface area contributed by atoms with Gasteiger partial charge in [0.25, 0.3) is 5.91 Å². The molecule has 29 heavy (non-hydrogen) atoms. The molecule has 3 aromatic rings. The van der Waals surface area contributed by atoms with Crippen LogP contribution in [0.3, 0.4) is 0 Å². The minimum atomic E-state index is -0.758. The lowest BCUT2D eigenvalue weighted by Gasteiger charge is -2.10. The highest BCUT2D eigenvalue weighted by atomic mass is 19.1. The molecule has 2 N–H and O–H groups in total. The number of methoxy groups -OCH3 is 1. The molecule has 2 aromatic carbocycles. The molecule has 0 saturated carbocycles. The van der Waals surface area contributed by atoms with Crippen LogP contribution in [0.15, 0.2) is 48.5 Å². The van der Waals surface area contributed by atoms with E-state index >= 15 is 0 Å². The third kappa shape index (κ3) is 5.25. The van der Waals surface area contributed by atoms with Gasteiger partial charge in [-0.25, -0.2) is 18.7 Å². The SMILES string of the molecule is COc1ccc(CCNC(=O)c2cc(Nc3c(F)cccc3F)nc(C)n2)cc1. The number of carbonyl (C=O) groups is 1. The second-order valence-electron chi connectivity index (χ2n) is 6.26. The van der Waals surface area contributed by atoms with Crippen molar-refractivity contribution in [1.29, 1.82) is 0 Å². The van der Waals surface area contributed by atoms with E-state index in [9.17, 15) is 13.6 Å². The summed E-state index contributed by atoms with van der Waals surface area (Å²) in [4.78, 5) is 20.6. The highest BCUT2D eigenvalue weighted by Gasteiger charge is 2.13. The molecule has 0 aliphatic carbocycles. The molecule has 0 aliphatic heterocycles. The number of hydrogen-bond donors (Lipinski definition) is 2. The quantitative estimate of drug-likeness (QED) is 0.633. The topological polar surface area (TPSA) is 76.1 Å². The summed E-state index contributed by atoms with van der Waals surface area (Å²) in [6.07, 6.45) is 0.630. The number of nitrogens with one attached hydrogen (secondary N) is 2. The first-order valence-electron chi connectivity index (χ1n) is 8.94. The van der Waals surface area contributed by atoms with Crippen LogP contribution in [0.25, 0.3) is 0 Å². The predicted molar refractivity (Wildman–Crippen MR) is 105 cm³/mol. The van der Waals surface area contributed by atoms with E-state index in [2.05, 4.69) is 20.6 Å². The van der Waals surface area contributed by atoms with Gasteiger partial charge in [-0.3, -0.25) is 4.79 Å². The lowest BCUT2D eigenvalue weighted by Crippen LogP contribution is -2.27. The van der Waals surface area contributed by atoms with E-state index in [4.69, 9.17) is 4.74 Å². The molecular formula is C21H20F2N4O2. The maximum absolute atomic E-state index is 13.8. The Kier molecular flexibility index (Phi) is 6.33. The Morgan fingerprint density at radius 2 is 1.76 bits per heavy atom. The molecule has 0 unspecified atom stereocenters. The van der Waals surface area contributed by atoms with Gasteiger partial charge in [0.05, 0.1) is 7.11 Å². The molecule has 0 spiro atoms. The van der Waals surface area contributed by atoms with Gasteiger partial charge in [0, 0.05) is 12.6 Å². The number of ether oxygens (including phenoxy) is 1. The van der Waals surface area contributed by atoms with E-state index < -0.39 is 17.5 Å². The average Bonchev–Trinajstić information content (AvgIpc) is 2.71. The summed E-state index contributed by atoms with van der Waals surface area (Å²) in [5, 5.41) is 5.36. The second kappa shape index (κ2) is 9.09. The molecule has 1 amide bonds. The molecule has 0 radical (unpaired) electrons. The largest absolute Gasteiger partial charge is 0.497 e. The fraction of sp³-hybridized carbons (Fsp3) is 0.190. The number of para-hydroxylation sites is 1. The summed E-state index contributed by atoms with van der Waals surface area (Å²) in [5.41, 5.74) is 0.810. The highest BCUT2D eigenvalue weighted by Crippen LogP contribution is 2.22. The van der Waals surface area contributed by atoms with Gasteiger partial charge in [-0.2, -0.15) is 0 Å². The molecule has 1 aromatic heterocycles. The number of aromatic nitrogens is 2. The minimum Gasteiger partial charge on any atom is -0.497 e. The summed E-state index contributed by atoms with van der Waals surface area (Å²) >= 11 is 0. The number of aryl methyl sites for hydroxylation is 1. The van der Waals surface area contributed by atoms with E-state index in [1.54, 1.807) is 14.0 Å². The maximum atomic E-state index is 13.8. The molecule has 6 nitrogen and oxygen atoms in total. The van der Waals surface area contributed by atoms with Gasteiger partial charge in [-0.15, -0.1) is 0 Å². The van der Waals surface area contributed by atoms with Crippen molar-refractivity contribution in [2.24, 2.45) is 0 Å². The molecule has 0 saturated heterocycles. The van der Waals surface area contributed by atoms with Crippen LogP contribution in [0.5, 0.6) is 5.75 Å². The van der Waals surface area contributed by atoms with Gasteiger partial charge in [0.1, 0.15) is 40.4 Å². The van der Waals surface area contributed by atoms with Crippen LogP contribution < -0.4 is 15.4 Å². The average molecular weight is 398 g/mol. The van der Waals surface area contributed by atoms with Crippen molar-refractivity contribution in [2.75, 3.05) is 19.0 Å². The van der Waals surface area contributed by atoms with Crippen LogP contribution in [0.4, 0.5) is 20.3 Å². The van der Waals surface area contributed by atoms with Gasteiger partial charge in [0.15, 0.2) is 0 Å². The predicted octanol–water partition coefficient (Wildman–Crippen LogP) is 3.79. The molecule has 1 heterocycles. The lowest BCUT2D eigenvalue weighted by atomic mass is 10.1. The van der Waals surface area contributed by atoms with E-state index in [0.29, 0.717) is 18.8 Å². The first kappa shape index (κ1) is 20.2. The van der Waals surface area contributed by atoms with Crippen molar-refractivity contribution >= 4 is 17.4 Å². The normalized spacial score (nSPS) is 10.5. The number of rotatable bonds is 7. The van der Waals surface area contributed by atoms with Gasteiger partial charge in [-0.1, -0.05) is 18.2 Å². The van der Waals surface area contributed by atoms with Crippen molar-refractivity contribution < 1.29 is 18.3 Å². The minimum absolute atomic E-state index is 0.103. The number of anilines is 2. The third-order valence-electron chi connectivity index (χ3n) is 4.14. The number of benzene rings is 2. The Labute approximate surface area is 167 Å². The van der Waals surface area contributed by atoms with Gasteiger partial charge >= 0.3 is 0 Å². The maximum Gasteiger partial charge on any atom is 0.270 e. The number of carbonyl (C=O) groups excluding carboxylic acids is 1. The van der Waals surface area contributed by atoms with Crippen LogP contribution in [-0.4, -0.2) is 29.5 Å². The number of halogens is 2. The van der Waals surface area contributed by atoms with Gasteiger partial charge < -0.3 is 15.4 Å². The summed E-state index contributed by atoms with van der Waals surface area (Å²) in [5.74, 6) is -0.728. The summed E-state index contributed by atoms with van der Waals surface area (Å²) < 4.78 is 32.8. The molecule has 0 fully saturated rings. The molecule has 150 valence electrons. The third-order valence-corrected chi connectivity index (χ3v) is 4.14. The Morgan fingerprint density at radius 3 is 2.41 bits per heavy atom. The van der Waals surface area contributed by atoms with E-state index in [0.717, 1.165) is 23.4 Å². The zero-order valence-corrected chi connectivity index (χ0v) is 16.0. The van der Waals surface area contributed by atoms with Crippen molar-refractivity contribution in [1.82, 2.24) is 15.3 Å². The van der Waals surface area contributed by atoms with Gasteiger partial charge in [0.2, 0.25) is 0 Å². The van der Waals surface area contributed by atoms with Crippen LogP contribution in [-0.2, 0) is 6.42 Å². The first-order chi connectivity index (χ1) is 14.0. The van der Waals surface area contributed by atoms with Crippen molar-refractivity contribution in [2.45, 2.75) is 13.3 Å². The van der Waals surface area contributed by atoms with Gasteiger partial charge in [-0.05, 0) is 43.2 Å². The van der Waals surface area contributed by atoms with Crippen LogP contribution in [0.1, 0.15) is 21.9 Å². The summed E-state index contributed by atoms with van der Waals surface area (Å²) in [7, 11) is 1.60. The Hall–Kier alpha value is -3.55. The monoisotopic (exact) mass is 398 g/mol. The standard InChI is InChI=1S/C21H20F2N4O2/c1-13-25-18(12-19(26-13)27-20-16(22)4-3-5-17(20)23)21(28)24-11-10-14-6-8-15(29-2)9-7-14/h3-9,12H,10-11H2,1-2H3,(H,24,28)(H,25,26,27). The smallest absolute Gasteiger partial charge is 0.270 e. The highest BCUT2D eigenvalue weighted by molar-refractivity contribution is 5.93. The van der Waals surface area contributed by atoms with Crippen molar-refractivity contribution in [3.05, 3.63) is 77.2 Å². The first-order valence-corrected chi connectivity index (χ1v) is 8.94. The van der Waals surface area contributed by atoms with Crippen LogP contribution >= 0.6 is 0 Å². The Bertz CT molecular complexity index is 990. The summed E-state index contributed by atoms with van der Waals surface area (Å²) in [6.45, 7) is 2.00. The number of hydrogen-bond acceptors (Lipinski definition) is 5. The molecule has 0 aliphatic rings. The van der Waals surface area contributed by atoms with Crippen molar-refractivity contribution in [3.63, 3.8) is 0 Å². The zero-order chi connectivity index (χ0) is 20.8. The van der Waals surface area contributed by atoms with E-state index in [-0.39, 0.29) is 17.2 Å². The van der Waals surface area contributed by atoms with E-state index in [1.807, 2.05) is 24.3 Å². The number of nitrogens with zero attached hydrogens (tertiary/aromatic N) is 2. The Morgan fingerprint density at radius 1 is 1.07 bits per heavy atom. The molecule has 0 bridgehead atoms. The van der Waals surface area contributed by atoms with Crippen LogP contribution in [0.2, 0.25) is 0 Å². The molecule has 8 heteroatoms. The lowest BCUT2D eigenvalue weighted by molar-refractivity contribution is 0.0949. The fourth-order valence-electron chi connectivity index (χ4n) is 2.70. The summed E-state index contributed by atoms with van der Waals surface area (Å²) in [6, 6.07) is 12.4. The van der Waals surface area contributed by atoms with Crippen molar-refractivity contribution in [3.8, 4) is 5.75 Å². The molecule has 3 rings (SSSR count).